The first-order valence-electron chi connectivity index (χ1n) is 5.25. The van der Waals surface area contributed by atoms with Gasteiger partial charge < -0.3 is 9.57 Å². The van der Waals surface area contributed by atoms with Gasteiger partial charge in [-0.15, -0.1) is 10.1 Å². The predicted molar refractivity (Wildman–Crippen MR) is 64.8 cm³/mol. The van der Waals surface area contributed by atoms with Crippen molar-refractivity contribution in [2.75, 3.05) is 13.2 Å². The van der Waals surface area contributed by atoms with Gasteiger partial charge in [-0.05, 0) is 0 Å². The third-order valence-corrected chi connectivity index (χ3v) is 2.17. The van der Waals surface area contributed by atoms with Crippen LogP contribution in [0.5, 0.6) is 5.75 Å². The Morgan fingerprint density at radius 3 is 1.68 bits per heavy atom. The van der Waals surface area contributed by atoms with Crippen molar-refractivity contribution in [2.24, 2.45) is 0 Å². The molecule has 1 rings (SSSR count). The summed E-state index contributed by atoms with van der Waals surface area (Å²) in [4.78, 5) is 42.9. The SMILES string of the molecule is O=[N+]([O-])OCCOc1c([N+](=O)[O-])cc([N+](=O)[O-])cc1[N+](=O)[O-]. The maximum Gasteiger partial charge on any atom is 0.325 e. The highest BCUT2D eigenvalue weighted by Crippen LogP contribution is 2.40. The van der Waals surface area contributed by atoms with E-state index in [0.717, 1.165) is 0 Å². The van der Waals surface area contributed by atoms with Gasteiger partial charge in [0.1, 0.15) is 13.2 Å². The Labute approximate surface area is 119 Å². The Hall–Kier alpha value is -3.58. The molecule has 22 heavy (non-hydrogen) atoms. The number of nitrogens with zero attached hydrogens (tertiary/aromatic N) is 4. The molecule has 0 amide bonds. The summed E-state index contributed by atoms with van der Waals surface area (Å²) in [7, 11) is 0. The van der Waals surface area contributed by atoms with Gasteiger partial charge in [-0.1, -0.05) is 0 Å². The number of hydrogen-bond acceptors (Lipinski definition) is 10. The van der Waals surface area contributed by atoms with Gasteiger partial charge in [0, 0.05) is 0 Å². The number of ether oxygens (including phenoxy) is 1. The van der Waals surface area contributed by atoms with Crippen LogP contribution in [0.1, 0.15) is 0 Å². The summed E-state index contributed by atoms with van der Waals surface area (Å²) in [6.45, 7) is -1.25. The van der Waals surface area contributed by atoms with Crippen LogP contribution in [0.15, 0.2) is 12.1 Å². The summed E-state index contributed by atoms with van der Waals surface area (Å²) in [6, 6.07) is 0.966. The average molecular weight is 318 g/mol. The number of nitro groups is 3. The van der Waals surface area contributed by atoms with E-state index in [2.05, 4.69) is 4.84 Å². The highest BCUT2D eigenvalue weighted by molar-refractivity contribution is 5.65. The molecule has 118 valence electrons. The molecular formula is C8H6N4O10. The molecule has 0 aromatic heterocycles. The molecule has 0 aliphatic heterocycles. The molecule has 1 aromatic carbocycles. The smallest absolute Gasteiger partial charge is 0.325 e. The van der Waals surface area contributed by atoms with Crippen molar-refractivity contribution in [3.05, 3.63) is 52.6 Å². The molecule has 14 heteroatoms. The number of rotatable bonds is 8. The van der Waals surface area contributed by atoms with Crippen LogP contribution in [0.2, 0.25) is 0 Å². The van der Waals surface area contributed by atoms with Crippen molar-refractivity contribution >= 4 is 17.1 Å². The topological polar surface area (TPSA) is 191 Å². The highest BCUT2D eigenvalue weighted by atomic mass is 17.0. The molecule has 0 fully saturated rings. The van der Waals surface area contributed by atoms with Gasteiger partial charge in [0.05, 0.1) is 26.9 Å². The van der Waals surface area contributed by atoms with Crippen LogP contribution in [0.4, 0.5) is 17.1 Å². The molecule has 0 saturated heterocycles. The van der Waals surface area contributed by atoms with Gasteiger partial charge in [-0.25, -0.2) is 0 Å². The van der Waals surface area contributed by atoms with Crippen LogP contribution in [0, 0.1) is 40.5 Å². The van der Waals surface area contributed by atoms with E-state index in [1.165, 1.54) is 0 Å². The molecule has 0 spiro atoms. The van der Waals surface area contributed by atoms with Crippen LogP contribution in [-0.4, -0.2) is 33.1 Å². The average Bonchev–Trinajstić information content (AvgIpc) is 2.42. The molecule has 0 atom stereocenters. The normalized spacial score (nSPS) is 9.82. The van der Waals surface area contributed by atoms with Crippen molar-refractivity contribution in [3.63, 3.8) is 0 Å². The van der Waals surface area contributed by atoms with E-state index < -0.39 is 55.9 Å². The van der Waals surface area contributed by atoms with Gasteiger partial charge in [-0.2, -0.15) is 0 Å². The molecule has 0 N–H and O–H groups in total. The molecule has 0 saturated carbocycles. The Balaban J connectivity index is 3.21. The second-order valence-electron chi connectivity index (χ2n) is 3.49. The van der Waals surface area contributed by atoms with E-state index in [1.54, 1.807) is 0 Å². The first kappa shape index (κ1) is 16.5. The molecule has 14 nitrogen and oxygen atoms in total. The summed E-state index contributed by atoms with van der Waals surface area (Å²) in [5, 5.41) is 41.1. The summed E-state index contributed by atoms with van der Waals surface area (Å²) in [6.07, 6.45) is 0. The van der Waals surface area contributed by atoms with Crippen LogP contribution >= 0.6 is 0 Å². The van der Waals surface area contributed by atoms with Crippen molar-refractivity contribution in [2.45, 2.75) is 0 Å². The van der Waals surface area contributed by atoms with Crippen molar-refractivity contribution in [3.8, 4) is 5.75 Å². The minimum Gasteiger partial charge on any atom is -0.480 e. The van der Waals surface area contributed by atoms with Crippen LogP contribution in [0.25, 0.3) is 0 Å². The Kier molecular flexibility index (Phi) is 5.04. The first-order valence-corrected chi connectivity index (χ1v) is 5.25. The van der Waals surface area contributed by atoms with Crippen LogP contribution in [0.3, 0.4) is 0 Å². The van der Waals surface area contributed by atoms with Gasteiger partial charge in [0.25, 0.3) is 16.5 Å². The van der Waals surface area contributed by atoms with Gasteiger partial charge in [-0.3, -0.25) is 30.3 Å². The Morgan fingerprint density at radius 2 is 1.32 bits per heavy atom. The van der Waals surface area contributed by atoms with Crippen molar-refractivity contribution in [1.29, 1.82) is 0 Å². The maximum absolute atomic E-state index is 10.9. The van der Waals surface area contributed by atoms with Crippen molar-refractivity contribution in [1.82, 2.24) is 0 Å². The lowest BCUT2D eigenvalue weighted by Gasteiger charge is -2.06. The van der Waals surface area contributed by atoms with Crippen LogP contribution < -0.4 is 4.74 Å². The molecule has 0 unspecified atom stereocenters. The van der Waals surface area contributed by atoms with E-state index in [9.17, 15) is 40.5 Å². The van der Waals surface area contributed by atoms with Crippen LogP contribution in [-0.2, 0) is 4.84 Å². The molecule has 1 aromatic rings. The zero-order chi connectivity index (χ0) is 16.9. The summed E-state index contributed by atoms with van der Waals surface area (Å²) >= 11 is 0. The fourth-order valence-electron chi connectivity index (χ4n) is 1.36. The van der Waals surface area contributed by atoms with E-state index in [-0.39, 0.29) is 0 Å². The lowest BCUT2D eigenvalue weighted by Crippen LogP contribution is -2.12. The zero-order valence-electron chi connectivity index (χ0n) is 10.4. The van der Waals surface area contributed by atoms with E-state index in [1.807, 2.05) is 0 Å². The fourth-order valence-corrected chi connectivity index (χ4v) is 1.36. The fraction of sp³-hybridized carbons (Fsp3) is 0.250. The van der Waals surface area contributed by atoms with Crippen molar-refractivity contribution < 1.29 is 29.4 Å². The molecule has 0 heterocycles. The summed E-state index contributed by atoms with van der Waals surface area (Å²) in [5.41, 5.74) is -2.89. The summed E-state index contributed by atoms with van der Waals surface area (Å²) < 4.78 is 4.74. The number of non-ortho nitro benzene ring substituents is 1. The lowest BCUT2D eigenvalue weighted by atomic mass is 10.2. The third-order valence-electron chi connectivity index (χ3n) is 2.17. The second-order valence-corrected chi connectivity index (χ2v) is 3.49. The first-order chi connectivity index (χ1) is 10.2. The standard InChI is InChI=1S/C8H6N4O10/c13-9(14)5-3-6(10(15)16)8(7(4-5)11(17)18)21-1-2-22-12(19)20/h3-4H,1-2H2. The largest absolute Gasteiger partial charge is 0.480 e. The molecular weight excluding hydrogens is 312 g/mol. The van der Waals surface area contributed by atoms with Gasteiger partial charge >= 0.3 is 11.4 Å². The van der Waals surface area contributed by atoms with Gasteiger partial charge in [0.2, 0.25) is 0 Å². The lowest BCUT2D eigenvalue weighted by molar-refractivity contribution is -0.757. The molecule has 0 aliphatic rings. The monoisotopic (exact) mass is 318 g/mol. The van der Waals surface area contributed by atoms with Gasteiger partial charge in [0.15, 0.2) is 0 Å². The summed E-state index contributed by atoms with van der Waals surface area (Å²) in [5.74, 6) is -0.854. The number of hydrogen-bond donors (Lipinski definition) is 0. The zero-order valence-corrected chi connectivity index (χ0v) is 10.4. The quantitative estimate of drug-likeness (QED) is 0.379. The highest BCUT2D eigenvalue weighted by Gasteiger charge is 2.32. The van der Waals surface area contributed by atoms with E-state index >= 15 is 0 Å². The Morgan fingerprint density at radius 1 is 0.818 bits per heavy atom. The minimum atomic E-state index is -1.15. The molecule has 0 aliphatic carbocycles. The molecule has 0 bridgehead atoms. The number of benzene rings is 1. The predicted octanol–water partition coefficient (Wildman–Crippen LogP) is 0.998. The Bertz CT molecular complexity index is 609. The third kappa shape index (κ3) is 3.95. The molecule has 0 radical (unpaired) electrons. The second kappa shape index (κ2) is 6.73. The van der Waals surface area contributed by atoms with E-state index in [4.69, 9.17) is 4.74 Å². The van der Waals surface area contributed by atoms with E-state index in [0.29, 0.717) is 12.1 Å². The maximum atomic E-state index is 10.9. The number of nitro benzene ring substituents is 3. The minimum absolute atomic E-state index is 0.483.